The van der Waals surface area contributed by atoms with Crippen LogP contribution in [0.5, 0.6) is 0 Å². The van der Waals surface area contributed by atoms with Crippen molar-refractivity contribution in [1.29, 1.82) is 5.26 Å². The lowest BCUT2D eigenvalue weighted by Gasteiger charge is -2.33. The van der Waals surface area contributed by atoms with Crippen molar-refractivity contribution in [3.05, 3.63) is 106 Å². The molecular formula is C25H21BrN6O2. The van der Waals surface area contributed by atoms with Gasteiger partial charge in [-0.15, -0.1) is 0 Å². The van der Waals surface area contributed by atoms with Gasteiger partial charge in [0.2, 0.25) is 0 Å². The van der Waals surface area contributed by atoms with E-state index in [2.05, 4.69) is 41.1 Å². The van der Waals surface area contributed by atoms with Gasteiger partial charge in [-0.2, -0.15) is 5.26 Å². The molecule has 2 aromatic heterocycles. The van der Waals surface area contributed by atoms with Gasteiger partial charge in [-0.05, 0) is 35.4 Å². The Bertz CT molecular complexity index is 1390. The summed E-state index contributed by atoms with van der Waals surface area (Å²) in [5, 5.41) is 18.8. The molecule has 170 valence electrons. The predicted molar refractivity (Wildman–Crippen MR) is 128 cm³/mol. The van der Waals surface area contributed by atoms with Crippen LogP contribution >= 0.6 is 15.9 Å². The number of nitrogens with zero attached hydrogens (tertiary/aromatic N) is 6. The van der Waals surface area contributed by atoms with E-state index in [1.165, 1.54) is 4.90 Å². The number of carboxylic acid groups (broad SMARTS) is 1. The zero-order valence-electron chi connectivity index (χ0n) is 18.2. The molecule has 1 N–H and O–H groups in total. The van der Waals surface area contributed by atoms with Crippen LogP contribution in [0.2, 0.25) is 0 Å². The average molecular weight is 517 g/mol. The summed E-state index contributed by atoms with van der Waals surface area (Å²) in [5.74, 6) is 0. The summed E-state index contributed by atoms with van der Waals surface area (Å²) in [4.78, 5) is 22.5. The van der Waals surface area contributed by atoms with Gasteiger partial charge < -0.3 is 14.2 Å². The molecule has 0 saturated carbocycles. The molecule has 4 aromatic rings. The van der Waals surface area contributed by atoms with E-state index in [1.54, 1.807) is 12.7 Å². The molecule has 0 spiro atoms. The van der Waals surface area contributed by atoms with Gasteiger partial charge in [0.1, 0.15) is 6.04 Å². The molecule has 5 rings (SSSR count). The van der Waals surface area contributed by atoms with Gasteiger partial charge in [0, 0.05) is 35.9 Å². The Labute approximate surface area is 204 Å². The molecule has 1 unspecified atom stereocenters. The van der Waals surface area contributed by atoms with E-state index in [4.69, 9.17) is 5.26 Å². The number of hydrogen-bond acceptors (Lipinski definition) is 4. The number of halogens is 1. The molecule has 1 atom stereocenters. The van der Waals surface area contributed by atoms with E-state index < -0.39 is 12.1 Å². The molecule has 1 aliphatic rings. The Morgan fingerprint density at radius 1 is 1.15 bits per heavy atom. The summed E-state index contributed by atoms with van der Waals surface area (Å²) in [6.45, 7) is 1.62. The first-order valence-corrected chi connectivity index (χ1v) is 11.6. The third-order valence-corrected chi connectivity index (χ3v) is 6.61. The topological polar surface area (TPSA) is 100.0 Å². The highest BCUT2D eigenvalue weighted by molar-refractivity contribution is 9.10. The zero-order valence-corrected chi connectivity index (χ0v) is 19.8. The number of amides is 1. The number of carbonyl (C=O) groups is 1. The van der Waals surface area contributed by atoms with Crippen LogP contribution in [-0.4, -0.2) is 41.7 Å². The summed E-state index contributed by atoms with van der Waals surface area (Å²) in [6, 6.07) is 16.9. The second kappa shape index (κ2) is 9.15. The zero-order chi connectivity index (χ0) is 23.7. The molecule has 1 amide bonds. The third-order valence-electron chi connectivity index (χ3n) is 6.12. The highest BCUT2D eigenvalue weighted by Crippen LogP contribution is 2.35. The number of nitriles is 1. The SMILES string of the molecule is N#Cc1ccc(Cn2cncc2Cn2cnc3c2CCN(C(=O)O)C3c2cccc(Br)c2)cc1. The Balaban J connectivity index is 1.44. The van der Waals surface area contributed by atoms with E-state index in [9.17, 15) is 9.90 Å². The van der Waals surface area contributed by atoms with E-state index >= 15 is 0 Å². The third kappa shape index (κ3) is 4.20. The molecule has 3 heterocycles. The summed E-state index contributed by atoms with van der Waals surface area (Å²) >= 11 is 3.50. The van der Waals surface area contributed by atoms with Crippen LogP contribution in [0.3, 0.4) is 0 Å². The van der Waals surface area contributed by atoms with Gasteiger partial charge in [-0.3, -0.25) is 4.90 Å². The summed E-state index contributed by atoms with van der Waals surface area (Å²) in [5.41, 5.74) is 5.42. The van der Waals surface area contributed by atoms with Crippen LogP contribution in [0.1, 0.15) is 39.8 Å². The maximum atomic E-state index is 12.0. The van der Waals surface area contributed by atoms with Crippen LogP contribution in [0, 0.1) is 11.3 Å². The number of aromatic nitrogens is 4. The average Bonchev–Trinajstić information content (AvgIpc) is 3.46. The monoisotopic (exact) mass is 516 g/mol. The minimum atomic E-state index is -0.953. The summed E-state index contributed by atoms with van der Waals surface area (Å²) in [7, 11) is 0. The lowest BCUT2D eigenvalue weighted by molar-refractivity contribution is 0.127. The Kier molecular flexibility index (Phi) is 5.90. The number of imidazole rings is 2. The first-order valence-electron chi connectivity index (χ1n) is 10.8. The van der Waals surface area contributed by atoms with Gasteiger partial charge in [0.05, 0.1) is 42.2 Å². The molecule has 0 aliphatic carbocycles. The number of fused-ring (bicyclic) bond motifs is 1. The highest BCUT2D eigenvalue weighted by Gasteiger charge is 2.35. The number of hydrogen-bond donors (Lipinski definition) is 1. The van der Waals surface area contributed by atoms with E-state index in [1.807, 2.05) is 54.7 Å². The van der Waals surface area contributed by atoms with Crippen LogP contribution in [0.25, 0.3) is 0 Å². The van der Waals surface area contributed by atoms with Crippen molar-refractivity contribution in [3.8, 4) is 6.07 Å². The Hall–Kier alpha value is -3.90. The van der Waals surface area contributed by atoms with Gasteiger partial charge in [0.15, 0.2) is 0 Å². The summed E-state index contributed by atoms with van der Waals surface area (Å²) < 4.78 is 5.06. The predicted octanol–water partition coefficient (Wildman–Crippen LogP) is 4.44. The maximum absolute atomic E-state index is 12.0. The normalized spacial score (nSPS) is 15.1. The van der Waals surface area contributed by atoms with Crippen molar-refractivity contribution >= 4 is 22.0 Å². The molecule has 0 saturated heterocycles. The molecule has 9 heteroatoms. The van der Waals surface area contributed by atoms with E-state index in [0.717, 1.165) is 32.7 Å². The Morgan fingerprint density at radius 3 is 2.71 bits per heavy atom. The van der Waals surface area contributed by atoms with Crippen molar-refractivity contribution in [3.63, 3.8) is 0 Å². The van der Waals surface area contributed by atoms with E-state index in [-0.39, 0.29) is 0 Å². The lowest BCUT2D eigenvalue weighted by Crippen LogP contribution is -2.40. The molecule has 2 aromatic carbocycles. The lowest BCUT2D eigenvalue weighted by atomic mass is 9.96. The van der Waals surface area contributed by atoms with Crippen LogP contribution in [-0.2, 0) is 19.5 Å². The maximum Gasteiger partial charge on any atom is 0.408 e. The highest BCUT2D eigenvalue weighted by atomic mass is 79.9. The fourth-order valence-corrected chi connectivity index (χ4v) is 4.88. The minimum Gasteiger partial charge on any atom is -0.465 e. The number of rotatable bonds is 5. The standard InChI is InChI=1S/C25H21BrN6O2/c26-20-3-1-2-19(10-20)24-23-22(8-9-32(24)25(33)34)31(16-29-23)14-21-12-28-15-30(21)13-18-6-4-17(11-27)5-7-18/h1-7,10,12,15-16,24H,8-9,13-14H2,(H,33,34). The molecule has 8 nitrogen and oxygen atoms in total. The fraction of sp³-hybridized carbons (Fsp3) is 0.200. The summed E-state index contributed by atoms with van der Waals surface area (Å²) in [6.07, 6.45) is 5.07. The van der Waals surface area contributed by atoms with Crippen LogP contribution < -0.4 is 0 Å². The van der Waals surface area contributed by atoms with Crippen LogP contribution in [0.4, 0.5) is 4.79 Å². The van der Waals surface area contributed by atoms with Crippen molar-refractivity contribution in [1.82, 2.24) is 24.0 Å². The quantitative estimate of drug-likeness (QED) is 0.422. The van der Waals surface area contributed by atoms with Crippen LogP contribution in [0.15, 0.2) is 71.9 Å². The molecule has 0 bridgehead atoms. The molecule has 0 fully saturated rings. The smallest absolute Gasteiger partial charge is 0.408 e. The van der Waals surface area contributed by atoms with Crippen molar-refractivity contribution in [2.45, 2.75) is 25.6 Å². The number of benzene rings is 2. The van der Waals surface area contributed by atoms with Gasteiger partial charge in [-0.1, -0.05) is 40.2 Å². The van der Waals surface area contributed by atoms with Gasteiger partial charge in [0.25, 0.3) is 0 Å². The van der Waals surface area contributed by atoms with E-state index in [0.29, 0.717) is 31.6 Å². The molecular weight excluding hydrogens is 496 g/mol. The first kappa shape index (κ1) is 21.9. The molecule has 1 aliphatic heterocycles. The van der Waals surface area contributed by atoms with Crippen molar-refractivity contribution in [2.75, 3.05) is 6.54 Å². The van der Waals surface area contributed by atoms with Crippen molar-refractivity contribution < 1.29 is 9.90 Å². The van der Waals surface area contributed by atoms with Gasteiger partial charge in [-0.25, -0.2) is 14.8 Å². The Morgan fingerprint density at radius 2 is 1.97 bits per heavy atom. The van der Waals surface area contributed by atoms with Gasteiger partial charge >= 0.3 is 6.09 Å². The molecule has 0 radical (unpaired) electrons. The first-order chi connectivity index (χ1) is 16.5. The second-order valence-corrected chi connectivity index (χ2v) is 9.13. The molecule has 34 heavy (non-hydrogen) atoms. The fourth-order valence-electron chi connectivity index (χ4n) is 4.46. The largest absolute Gasteiger partial charge is 0.465 e. The minimum absolute atomic E-state index is 0.399. The second-order valence-electron chi connectivity index (χ2n) is 8.21. The van der Waals surface area contributed by atoms with Crippen molar-refractivity contribution in [2.24, 2.45) is 0 Å².